The first-order valence-corrected chi connectivity index (χ1v) is 21.9. The number of hydrogen-bond donors (Lipinski definition) is 2. The van der Waals surface area contributed by atoms with Crippen molar-refractivity contribution in [3.63, 3.8) is 0 Å². The van der Waals surface area contributed by atoms with Crippen LogP contribution in [0.25, 0.3) is 0 Å². The van der Waals surface area contributed by atoms with Crippen LogP contribution in [0.15, 0.2) is 146 Å². The Morgan fingerprint density at radius 3 is 1.31 bits per heavy atom. The molecule has 0 saturated heterocycles. The van der Waals surface area contributed by atoms with Gasteiger partial charge in [-0.1, -0.05) is 175 Å². The van der Waals surface area contributed by atoms with E-state index >= 15 is 0 Å². The maximum Gasteiger partial charge on any atom is 0.328 e. The average molecular weight is 721 g/mol. The summed E-state index contributed by atoms with van der Waals surface area (Å²) in [6, 6.07) is 41.9. The molecule has 0 fully saturated rings. The number of carboxylic acid groups (broad SMARTS) is 1. The highest BCUT2D eigenvalue weighted by Crippen LogP contribution is 2.39. The Bertz CT molecular complexity index is 1610. The summed E-state index contributed by atoms with van der Waals surface area (Å²) in [5.74, 6) is -1.03. The second-order valence-corrected chi connectivity index (χ2v) is 23.9. The van der Waals surface area contributed by atoms with E-state index in [-0.39, 0.29) is 16.2 Å². The Hall–Kier alpha value is -3.86. The molecule has 4 rings (SSSR count). The number of hydrogen-bond acceptors (Lipinski definition) is 4. The van der Waals surface area contributed by atoms with E-state index in [1.807, 2.05) is 61.5 Å². The van der Waals surface area contributed by atoms with Gasteiger partial charge in [0.05, 0.1) is 18.3 Å². The molecule has 0 aliphatic rings. The maximum absolute atomic E-state index is 12.0. The van der Waals surface area contributed by atoms with Crippen LogP contribution in [0.3, 0.4) is 0 Å². The van der Waals surface area contributed by atoms with Crippen LogP contribution in [-0.4, -0.2) is 51.1 Å². The fourth-order valence-corrected chi connectivity index (χ4v) is 16.4. The molecule has 0 amide bonds. The highest BCUT2D eigenvalue weighted by Gasteiger charge is 2.52. The van der Waals surface area contributed by atoms with Crippen LogP contribution in [0.1, 0.15) is 67.7 Å². The van der Waals surface area contributed by atoms with E-state index in [4.69, 9.17) is 8.85 Å². The summed E-state index contributed by atoms with van der Waals surface area (Å²) < 4.78 is 15.0. The largest absolute Gasteiger partial charge is 0.478 e. The fourth-order valence-electron chi connectivity index (χ4n) is 7.18. The third kappa shape index (κ3) is 9.73. The van der Waals surface area contributed by atoms with E-state index in [0.29, 0.717) is 12.8 Å². The molecule has 5 nitrogen and oxygen atoms in total. The third-order valence-electron chi connectivity index (χ3n) is 9.53. The molecule has 0 aliphatic heterocycles. The van der Waals surface area contributed by atoms with Gasteiger partial charge in [0.15, 0.2) is 0 Å². The van der Waals surface area contributed by atoms with Gasteiger partial charge in [-0.05, 0) is 63.1 Å². The maximum atomic E-state index is 12.0. The van der Waals surface area contributed by atoms with Crippen LogP contribution in [-0.2, 0) is 13.6 Å². The van der Waals surface area contributed by atoms with Gasteiger partial charge in [-0.3, -0.25) is 0 Å². The van der Waals surface area contributed by atoms with Crippen molar-refractivity contribution in [2.24, 2.45) is 0 Å². The molecule has 0 spiro atoms. The molecule has 2 N–H and O–H groups in total. The minimum absolute atomic E-state index is 0.236. The number of aliphatic hydroxyl groups is 1. The van der Waals surface area contributed by atoms with E-state index in [0.717, 1.165) is 16.8 Å². The lowest BCUT2D eigenvalue weighted by Crippen LogP contribution is -2.67. The zero-order valence-electron chi connectivity index (χ0n) is 31.3. The molecule has 0 bridgehead atoms. The Labute approximate surface area is 308 Å². The number of benzene rings is 4. The summed E-state index contributed by atoms with van der Waals surface area (Å²) in [4.78, 5) is 12.0. The van der Waals surface area contributed by atoms with Gasteiger partial charge in [-0.15, -0.1) is 0 Å². The summed E-state index contributed by atoms with van der Waals surface area (Å²) in [5.41, 5.74) is 0. The Balaban J connectivity index is 1.89. The number of rotatable bonds is 16. The molecule has 0 heterocycles. The lowest BCUT2D eigenvalue weighted by atomic mass is 10.1. The van der Waals surface area contributed by atoms with Gasteiger partial charge >= 0.3 is 5.97 Å². The third-order valence-corrected chi connectivity index (χ3v) is 19.6. The van der Waals surface area contributed by atoms with Crippen molar-refractivity contribution in [2.75, 3.05) is 0 Å². The molecule has 4 aromatic carbocycles. The van der Waals surface area contributed by atoms with E-state index in [2.05, 4.69) is 120 Å². The van der Waals surface area contributed by atoms with Crippen molar-refractivity contribution in [1.29, 1.82) is 0 Å². The predicted molar refractivity (Wildman–Crippen MR) is 216 cm³/mol. The molecule has 4 aromatic rings. The van der Waals surface area contributed by atoms with Crippen LogP contribution < -0.4 is 20.7 Å². The van der Waals surface area contributed by atoms with Crippen LogP contribution in [0, 0.1) is 0 Å². The van der Waals surface area contributed by atoms with Gasteiger partial charge in [0, 0.05) is 6.08 Å². The van der Waals surface area contributed by atoms with Crippen LogP contribution in [0.2, 0.25) is 10.1 Å². The molecule has 51 heavy (non-hydrogen) atoms. The Morgan fingerprint density at radius 1 is 0.608 bits per heavy atom. The number of carboxylic acids is 1. The van der Waals surface area contributed by atoms with Gasteiger partial charge in [-0.2, -0.15) is 0 Å². The normalized spacial score (nSPS) is 14.8. The summed E-state index contributed by atoms with van der Waals surface area (Å²) in [6.07, 6.45) is 7.57. The Kier molecular flexibility index (Phi) is 13.8. The fraction of sp³-hybridized carbons (Fsp3) is 0.341. The first kappa shape index (κ1) is 39.9. The molecule has 0 radical (unpaired) electrons. The van der Waals surface area contributed by atoms with Crippen molar-refractivity contribution < 1.29 is 23.9 Å². The van der Waals surface area contributed by atoms with Gasteiger partial charge in [0.25, 0.3) is 16.6 Å². The molecule has 0 unspecified atom stereocenters. The smallest absolute Gasteiger partial charge is 0.328 e. The molecule has 270 valence electrons. The minimum atomic E-state index is -3.04. The lowest BCUT2D eigenvalue weighted by molar-refractivity contribution is -0.131. The number of carbonyl (C=O) groups is 1. The molecular formula is C44H56O5Si2. The first-order valence-electron chi connectivity index (χ1n) is 18.1. The highest BCUT2D eigenvalue weighted by atomic mass is 28.4. The standard InChI is InChI=1S/C44H56O5Si2/c1-35(45)21-20-22-36(48-50(43(2,3)4,38-23-12-8-13-24-38)39-25-14-9-15-26-39)31-32-37(33-34-42(46)47)49-51(44(5,6)7,40-27-16-10-17-28-40)41-29-18-11-19-30-41/h8-19,23-37,45H,20-22H2,1-7H3,(H,46,47)/b32-31-,34-33+/t35-,36+,37-/m0/s1. The van der Waals surface area contributed by atoms with Gasteiger partial charge in [-0.25, -0.2) is 4.79 Å². The zero-order chi connectivity index (χ0) is 37.1. The molecule has 0 aromatic heterocycles. The van der Waals surface area contributed by atoms with Crippen molar-refractivity contribution in [3.05, 3.63) is 146 Å². The van der Waals surface area contributed by atoms with Crippen LogP contribution in [0.4, 0.5) is 0 Å². The van der Waals surface area contributed by atoms with Gasteiger partial charge < -0.3 is 19.1 Å². The molecule has 0 aliphatic carbocycles. The van der Waals surface area contributed by atoms with Crippen molar-refractivity contribution >= 4 is 43.4 Å². The predicted octanol–water partition coefficient (Wildman–Crippen LogP) is 7.62. The minimum Gasteiger partial charge on any atom is -0.478 e. The Morgan fingerprint density at radius 2 is 0.980 bits per heavy atom. The van der Waals surface area contributed by atoms with E-state index < -0.39 is 34.8 Å². The SMILES string of the molecule is C[C@H](O)CCC[C@H](/C=C\[C@@H](/C=C/C(=O)O)O[Si](c1ccccc1)(c1ccccc1)C(C)(C)C)O[Si](c1ccccc1)(c1ccccc1)C(C)(C)C. The van der Waals surface area contributed by atoms with E-state index in [1.54, 1.807) is 6.08 Å². The summed E-state index contributed by atoms with van der Waals surface area (Å²) >= 11 is 0. The lowest BCUT2D eigenvalue weighted by Gasteiger charge is -2.45. The summed E-state index contributed by atoms with van der Waals surface area (Å²) in [7, 11) is -5.98. The average Bonchev–Trinajstić information content (AvgIpc) is 3.10. The second-order valence-electron chi connectivity index (χ2n) is 15.4. The second kappa shape index (κ2) is 17.6. The molecule has 7 heteroatoms. The molecule has 0 saturated carbocycles. The van der Waals surface area contributed by atoms with Gasteiger partial charge in [0.1, 0.15) is 0 Å². The van der Waals surface area contributed by atoms with Crippen LogP contribution in [0.5, 0.6) is 0 Å². The molecule has 3 atom stereocenters. The summed E-state index contributed by atoms with van der Waals surface area (Å²) in [5, 5.41) is 24.1. The monoisotopic (exact) mass is 720 g/mol. The summed E-state index contributed by atoms with van der Waals surface area (Å²) in [6.45, 7) is 15.3. The quantitative estimate of drug-likeness (QED) is 0.0708. The number of aliphatic hydroxyl groups excluding tert-OH is 1. The highest BCUT2D eigenvalue weighted by molar-refractivity contribution is 7.00. The number of aliphatic carboxylic acids is 1. The van der Waals surface area contributed by atoms with Crippen molar-refractivity contribution in [3.8, 4) is 0 Å². The molecular weight excluding hydrogens is 665 g/mol. The zero-order valence-corrected chi connectivity index (χ0v) is 33.3. The van der Waals surface area contributed by atoms with E-state index in [1.165, 1.54) is 16.4 Å². The van der Waals surface area contributed by atoms with Crippen LogP contribution >= 0.6 is 0 Å². The topological polar surface area (TPSA) is 76.0 Å². The van der Waals surface area contributed by atoms with Crippen molar-refractivity contribution in [2.45, 2.75) is 96.1 Å². The van der Waals surface area contributed by atoms with E-state index in [9.17, 15) is 15.0 Å². The first-order chi connectivity index (χ1) is 24.2. The van der Waals surface area contributed by atoms with Gasteiger partial charge in [0.2, 0.25) is 0 Å². The van der Waals surface area contributed by atoms with Crippen molar-refractivity contribution in [1.82, 2.24) is 0 Å².